The molecule has 1 atom stereocenters. The van der Waals surface area contributed by atoms with Crippen LogP contribution in [0.3, 0.4) is 0 Å². The minimum Gasteiger partial charge on any atom is -0.349 e. The number of halogens is 1. The first-order valence-electron chi connectivity index (χ1n) is 7.15. The predicted octanol–water partition coefficient (Wildman–Crippen LogP) is 2.69. The molecule has 1 amide bonds. The summed E-state index contributed by atoms with van der Waals surface area (Å²) < 4.78 is 13.6. The standard InChI is InChI=1S/C16H23FN2O/c1-10-7-16(8-10,9-18)15(20)19-12(3)13-5-4-11(2)14(17)6-13/h4-6,10,12H,7-9,18H2,1-3H3,(H,19,20). The molecule has 110 valence electrons. The highest BCUT2D eigenvalue weighted by Gasteiger charge is 2.47. The maximum atomic E-state index is 13.6. The zero-order chi connectivity index (χ0) is 14.9. The molecule has 1 unspecified atom stereocenters. The van der Waals surface area contributed by atoms with Gasteiger partial charge in [-0.2, -0.15) is 0 Å². The number of carbonyl (C=O) groups excluding carboxylic acids is 1. The third-order valence-corrected chi connectivity index (χ3v) is 4.39. The zero-order valence-electron chi connectivity index (χ0n) is 12.4. The van der Waals surface area contributed by atoms with Gasteiger partial charge >= 0.3 is 0 Å². The van der Waals surface area contributed by atoms with Crippen LogP contribution < -0.4 is 11.1 Å². The second-order valence-corrected chi connectivity index (χ2v) is 6.20. The molecular formula is C16H23FN2O. The van der Waals surface area contributed by atoms with E-state index in [0.29, 0.717) is 18.0 Å². The van der Waals surface area contributed by atoms with Crippen LogP contribution in [0.25, 0.3) is 0 Å². The Balaban J connectivity index is 2.05. The van der Waals surface area contributed by atoms with Crippen LogP contribution in [0, 0.1) is 24.1 Å². The molecular weight excluding hydrogens is 255 g/mol. The fourth-order valence-corrected chi connectivity index (χ4v) is 3.03. The monoisotopic (exact) mass is 278 g/mol. The van der Waals surface area contributed by atoms with Crippen LogP contribution in [0.1, 0.15) is 43.9 Å². The molecule has 2 rings (SSSR count). The Morgan fingerprint density at radius 2 is 2.20 bits per heavy atom. The molecule has 1 aromatic rings. The Labute approximate surface area is 119 Å². The van der Waals surface area contributed by atoms with Crippen molar-refractivity contribution in [3.05, 3.63) is 35.1 Å². The molecule has 0 bridgehead atoms. The van der Waals surface area contributed by atoms with Gasteiger partial charge in [-0.1, -0.05) is 19.1 Å². The molecule has 1 saturated carbocycles. The Bertz CT molecular complexity index is 509. The molecule has 20 heavy (non-hydrogen) atoms. The first-order valence-corrected chi connectivity index (χ1v) is 7.15. The van der Waals surface area contributed by atoms with Crippen LogP contribution >= 0.6 is 0 Å². The number of rotatable bonds is 4. The molecule has 4 heteroatoms. The largest absolute Gasteiger partial charge is 0.349 e. The average Bonchev–Trinajstić information content (AvgIpc) is 2.37. The molecule has 0 heterocycles. The van der Waals surface area contributed by atoms with Crippen molar-refractivity contribution in [3.63, 3.8) is 0 Å². The van der Waals surface area contributed by atoms with Gasteiger partial charge in [0.25, 0.3) is 0 Å². The summed E-state index contributed by atoms with van der Waals surface area (Å²) in [7, 11) is 0. The first-order chi connectivity index (χ1) is 9.38. The van der Waals surface area contributed by atoms with Gasteiger partial charge in [0.05, 0.1) is 11.5 Å². The molecule has 0 aliphatic heterocycles. The summed E-state index contributed by atoms with van der Waals surface area (Å²) in [5.74, 6) is 0.303. The quantitative estimate of drug-likeness (QED) is 0.889. The predicted molar refractivity (Wildman–Crippen MR) is 77.6 cm³/mol. The summed E-state index contributed by atoms with van der Waals surface area (Å²) >= 11 is 0. The summed E-state index contributed by atoms with van der Waals surface area (Å²) in [5, 5.41) is 2.97. The molecule has 1 aromatic carbocycles. The van der Waals surface area contributed by atoms with Crippen molar-refractivity contribution in [1.82, 2.24) is 5.32 Å². The number of hydrogen-bond donors (Lipinski definition) is 2. The molecule has 0 spiro atoms. The molecule has 1 fully saturated rings. The van der Waals surface area contributed by atoms with Gasteiger partial charge in [-0.25, -0.2) is 4.39 Å². The second kappa shape index (κ2) is 5.52. The highest BCUT2D eigenvalue weighted by atomic mass is 19.1. The summed E-state index contributed by atoms with van der Waals surface area (Å²) in [6, 6.07) is 4.86. The zero-order valence-corrected chi connectivity index (χ0v) is 12.4. The smallest absolute Gasteiger partial charge is 0.227 e. The van der Waals surface area contributed by atoms with Crippen molar-refractivity contribution in [2.24, 2.45) is 17.1 Å². The van der Waals surface area contributed by atoms with E-state index in [0.717, 1.165) is 18.4 Å². The average molecular weight is 278 g/mol. The third-order valence-electron chi connectivity index (χ3n) is 4.39. The van der Waals surface area contributed by atoms with Gasteiger partial charge in [-0.15, -0.1) is 0 Å². The SMILES string of the molecule is Cc1ccc(C(C)NC(=O)C2(CN)CC(C)C2)cc1F. The van der Waals surface area contributed by atoms with Crippen molar-refractivity contribution in [3.8, 4) is 0 Å². The first kappa shape index (κ1) is 15.0. The van der Waals surface area contributed by atoms with E-state index in [1.165, 1.54) is 6.07 Å². The number of nitrogens with one attached hydrogen (secondary N) is 1. The van der Waals surface area contributed by atoms with Crippen molar-refractivity contribution < 1.29 is 9.18 Å². The number of benzene rings is 1. The van der Waals surface area contributed by atoms with Crippen molar-refractivity contribution >= 4 is 5.91 Å². The number of carbonyl (C=O) groups is 1. The number of nitrogens with two attached hydrogens (primary N) is 1. The lowest BCUT2D eigenvalue weighted by atomic mass is 9.62. The highest BCUT2D eigenvalue weighted by Crippen LogP contribution is 2.45. The Morgan fingerprint density at radius 3 is 2.70 bits per heavy atom. The minimum absolute atomic E-state index is 0.00779. The number of aryl methyl sites for hydroxylation is 1. The summed E-state index contributed by atoms with van der Waals surface area (Å²) in [5.41, 5.74) is 6.74. The van der Waals surface area contributed by atoms with Gasteiger partial charge in [-0.05, 0) is 49.8 Å². The molecule has 0 radical (unpaired) electrons. The van der Waals surface area contributed by atoms with Crippen LogP contribution in [0.4, 0.5) is 4.39 Å². The maximum Gasteiger partial charge on any atom is 0.227 e. The summed E-state index contributed by atoms with van der Waals surface area (Å²) in [6.07, 6.45) is 1.68. The highest BCUT2D eigenvalue weighted by molar-refractivity contribution is 5.84. The lowest BCUT2D eigenvalue weighted by Crippen LogP contribution is -2.53. The van der Waals surface area contributed by atoms with E-state index < -0.39 is 5.41 Å². The molecule has 3 N–H and O–H groups in total. The molecule has 1 aliphatic carbocycles. The van der Waals surface area contributed by atoms with E-state index in [4.69, 9.17) is 5.73 Å². The van der Waals surface area contributed by atoms with E-state index in [2.05, 4.69) is 12.2 Å². The Hall–Kier alpha value is -1.42. The van der Waals surface area contributed by atoms with Crippen LogP contribution in [-0.2, 0) is 4.79 Å². The normalized spacial score (nSPS) is 26.8. The van der Waals surface area contributed by atoms with Crippen molar-refractivity contribution in [2.75, 3.05) is 6.54 Å². The number of amides is 1. The van der Waals surface area contributed by atoms with Crippen LogP contribution in [0.2, 0.25) is 0 Å². The van der Waals surface area contributed by atoms with Gasteiger partial charge in [0, 0.05) is 6.54 Å². The lowest BCUT2D eigenvalue weighted by Gasteiger charge is -2.44. The van der Waals surface area contributed by atoms with Gasteiger partial charge in [0.2, 0.25) is 5.91 Å². The van der Waals surface area contributed by atoms with Gasteiger partial charge in [-0.3, -0.25) is 4.79 Å². The third kappa shape index (κ3) is 2.70. The van der Waals surface area contributed by atoms with Gasteiger partial charge in [0.1, 0.15) is 5.82 Å². The van der Waals surface area contributed by atoms with Crippen molar-refractivity contribution in [1.29, 1.82) is 0 Å². The van der Waals surface area contributed by atoms with E-state index in [1.807, 2.05) is 13.0 Å². The van der Waals surface area contributed by atoms with E-state index in [-0.39, 0.29) is 17.8 Å². The molecule has 0 aromatic heterocycles. The van der Waals surface area contributed by atoms with Gasteiger partial charge in [0.15, 0.2) is 0 Å². The summed E-state index contributed by atoms with van der Waals surface area (Å²) in [6.45, 7) is 6.09. The fourth-order valence-electron chi connectivity index (χ4n) is 3.03. The van der Waals surface area contributed by atoms with E-state index >= 15 is 0 Å². The van der Waals surface area contributed by atoms with Crippen LogP contribution in [0.15, 0.2) is 18.2 Å². The Morgan fingerprint density at radius 1 is 1.55 bits per heavy atom. The van der Waals surface area contributed by atoms with E-state index in [1.54, 1.807) is 13.0 Å². The molecule has 1 aliphatic rings. The molecule has 3 nitrogen and oxygen atoms in total. The van der Waals surface area contributed by atoms with Crippen molar-refractivity contribution in [2.45, 2.75) is 39.7 Å². The van der Waals surface area contributed by atoms with Gasteiger partial charge < -0.3 is 11.1 Å². The maximum absolute atomic E-state index is 13.6. The summed E-state index contributed by atoms with van der Waals surface area (Å²) in [4.78, 5) is 12.4. The van der Waals surface area contributed by atoms with E-state index in [9.17, 15) is 9.18 Å². The minimum atomic E-state index is -0.420. The Kier molecular flexibility index (Phi) is 4.14. The molecule has 0 saturated heterocycles. The topological polar surface area (TPSA) is 55.1 Å². The fraction of sp³-hybridized carbons (Fsp3) is 0.562. The number of hydrogen-bond acceptors (Lipinski definition) is 2. The lowest BCUT2D eigenvalue weighted by molar-refractivity contribution is -0.138. The second-order valence-electron chi connectivity index (χ2n) is 6.20. The van der Waals surface area contributed by atoms with Crippen LogP contribution in [-0.4, -0.2) is 12.5 Å². The van der Waals surface area contributed by atoms with Crippen LogP contribution in [0.5, 0.6) is 0 Å².